The number of alkyl halides is 1. The molecule has 0 saturated carbocycles. The van der Waals surface area contributed by atoms with Gasteiger partial charge in [-0.25, -0.2) is 4.39 Å². The van der Waals surface area contributed by atoms with E-state index in [1.54, 1.807) is 6.07 Å². The van der Waals surface area contributed by atoms with E-state index in [2.05, 4.69) is 34.7 Å². The number of nitrogens with zero attached hydrogens (tertiary/aromatic N) is 1. The maximum absolute atomic E-state index is 13.0. The van der Waals surface area contributed by atoms with Gasteiger partial charge in [-0.3, -0.25) is 4.90 Å². The third-order valence-electron chi connectivity index (χ3n) is 3.22. The molecule has 1 rings (SSSR count). The molecule has 0 aromatic heterocycles. The highest BCUT2D eigenvalue weighted by Gasteiger charge is 2.16. The number of hydrogen-bond donors (Lipinski definition) is 0. The molecule has 102 valence electrons. The summed E-state index contributed by atoms with van der Waals surface area (Å²) in [6.45, 7) is 6.14. The van der Waals surface area contributed by atoms with Gasteiger partial charge in [-0.05, 0) is 30.5 Å². The molecule has 0 N–H and O–H groups in total. The zero-order chi connectivity index (χ0) is 13.5. The van der Waals surface area contributed by atoms with E-state index < -0.39 is 0 Å². The number of rotatable bonds is 7. The van der Waals surface area contributed by atoms with Gasteiger partial charge in [0, 0.05) is 29.5 Å². The molecule has 1 aromatic rings. The summed E-state index contributed by atoms with van der Waals surface area (Å²) in [7, 11) is 0. The van der Waals surface area contributed by atoms with Gasteiger partial charge < -0.3 is 0 Å². The zero-order valence-electron chi connectivity index (χ0n) is 10.9. The molecule has 0 bridgehead atoms. The first-order valence-electron chi connectivity index (χ1n) is 6.36. The summed E-state index contributed by atoms with van der Waals surface area (Å²) in [4.78, 5) is 2.40. The van der Waals surface area contributed by atoms with Crippen LogP contribution in [0.4, 0.5) is 4.39 Å². The van der Waals surface area contributed by atoms with Gasteiger partial charge in [0.1, 0.15) is 5.82 Å². The van der Waals surface area contributed by atoms with Gasteiger partial charge in [-0.1, -0.05) is 47.4 Å². The third-order valence-corrected chi connectivity index (χ3v) is 3.93. The number of benzene rings is 1. The highest BCUT2D eigenvalue weighted by Crippen LogP contribution is 2.21. The van der Waals surface area contributed by atoms with E-state index in [1.165, 1.54) is 12.1 Å². The van der Waals surface area contributed by atoms with Crippen LogP contribution in [0.2, 0.25) is 5.02 Å². The summed E-state index contributed by atoms with van der Waals surface area (Å²) in [6, 6.07) is 5.18. The molecule has 0 unspecified atom stereocenters. The zero-order valence-corrected chi connectivity index (χ0v) is 13.3. The van der Waals surface area contributed by atoms with Crippen LogP contribution in [0.1, 0.15) is 32.3 Å². The van der Waals surface area contributed by atoms with Crippen molar-refractivity contribution in [3.63, 3.8) is 0 Å². The van der Waals surface area contributed by atoms with Crippen LogP contribution < -0.4 is 0 Å². The lowest BCUT2D eigenvalue weighted by molar-refractivity contribution is 0.189. The van der Waals surface area contributed by atoms with Crippen molar-refractivity contribution >= 4 is 27.5 Å². The first kappa shape index (κ1) is 15.9. The minimum atomic E-state index is -0.279. The standard InChI is InChI=1S/C14H20BrClFN/c1-3-13(4-2)18(8-7-15)10-11-5-6-12(17)9-14(11)16/h5-6,9,13H,3-4,7-8,10H2,1-2H3. The van der Waals surface area contributed by atoms with Crippen LogP contribution in [-0.2, 0) is 6.54 Å². The fourth-order valence-corrected chi connectivity index (χ4v) is 2.86. The predicted molar refractivity (Wildman–Crippen MR) is 80.0 cm³/mol. The first-order valence-corrected chi connectivity index (χ1v) is 7.86. The second-order valence-corrected chi connectivity index (χ2v) is 5.57. The Bertz CT molecular complexity index is 369. The summed E-state index contributed by atoms with van der Waals surface area (Å²) >= 11 is 9.57. The molecule has 0 amide bonds. The normalized spacial score (nSPS) is 11.5. The summed E-state index contributed by atoms with van der Waals surface area (Å²) in [5.74, 6) is -0.279. The molecule has 0 spiro atoms. The SMILES string of the molecule is CCC(CC)N(CCBr)Cc1ccc(F)cc1Cl. The second-order valence-electron chi connectivity index (χ2n) is 4.37. The summed E-state index contributed by atoms with van der Waals surface area (Å²) in [5, 5.41) is 1.45. The Morgan fingerprint density at radius 1 is 1.33 bits per heavy atom. The van der Waals surface area contributed by atoms with E-state index in [0.29, 0.717) is 11.1 Å². The van der Waals surface area contributed by atoms with Gasteiger partial charge in [0.05, 0.1) is 0 Å². The topological polar surface area (TPSA) is 3.24 Å². The van der Waals surface area contributed by atoms with Crippen molar-refractivity contribution in [1.82, 2.24) is 4.90 Å². The van der Waals surface area contributed by atoms with Crippen molar-refractivity contribution in [2.24, 2.45) is 0 Å². The van der Waals surface area contributed by atoms with Gasteiger partial charge in [0.2, 0.25) is 0 Å². The molecule has 0 saturated heterocycles. The molecule has 0 heterocycles. The summed E-state index contributed by atoms with van der Waals surface area (Å²) in [5.41, 5.74) is 0.992. The minimum absolute atomic E-state index is 0.279. The number of halogens is 3. The first-order chi connectivity index (χ1) is 8.62. The van der Waals surface area contributed by atoms with E-state index in [4.69, 9.17) is 11.6 Å². The van der Waals surface area contributed by atoms with Crippen LogP contribution in [0.25, 0.3) is 0 Å². The smallest absolute Gasteiger partial charge is 0.124 e. The van der Waals surface area contributed by atoms with Gasteiger partial charge in [-0.15, -0.1) is 0 Å². The van der Waals surface area contributed by atoms with Crippen molar-refractivity contribution in [2.45, 2.75) is 39.3 Å². The van der Waals surface area contributed by atoms with Gasteiger partial charge in [-0.2, -0.15) is 0 Å². The van der Waals surface area contributed by atoms with E-state index in [9.17, 15) is 4.39 Å². The monoisotopic (exact) mass is 335 g/mol. The lowest BCUT2D eigenvalue weighted by Crippen LogP contribution is -2.35. The van der Waals surface area contributed by atoms with E-state index >= 15 is 0 Å². The van der Waals surface area contributed by atoms with Crippen molar-refractivity contribution in [1.29, 1.82) is 0 Å². The van der Waals surface area contributed by atoms with Crippen LogP contribution in [0.3, 0.4) is 0 Å². The lowest BCUT2D eigenvalue weighted by Gasteiger charge is -2.30. The Kier molecular flexibility index (Phi) is 7.20. The lowest BCUT2D eigenvalue weighted by atomic mass is 10.1. The van der Waals surface area contributed by atoms with Crippen LogP contribution >= 0.6 is 27.5 Å². The third kappa shape index (κ3) is 4.52. The molecular weight excluding hydrogens is 317 g/mol. The maximum Gasteiger partial charge on any atom is 0.124 e. The van der Waals surface area contributed by atoms with Gasteiger partial charge in [0.25, 0.3) is 0 Å². The van der Waals surface area contributed by atoms with Crippen LogP contribution in [-0.4, -0.2) is 22.8 Å². The fourth-order valence-electron chi connectivity index (χ4n) is 2.17. The van der Waals surface area contributed by atoms with Crippen molar-refractivity contribution in [3.8, 4) is 0 Å². The summed E-state index contributed by atoms with van der Waals surface area (Å²) in [6.07, 6.45) is 2.23. The van der Waals surface area contributed by atoms with Crippen LogP contribution in [0.5, 0.6) is 0 Å². The molecule has 0 atom stereocenters. The van der Waals surface area contributed by atoms with E-state index in [0.717, 1.165) is 36.8 Å². The molecule has 18 heavy (non-hydrogen) atoms. The van der Waals surface area contributed by atoms with Crippen molar-refractivity contribution < 1.29 is 4.39 Å². The van der Waals surface area contributed by atoms with Crippen LogP contribution in [0, 0.1) is 5.82 Å². The highest BCUT2D eigenvalue weighted by molar-refractivity contribution is 9.09. The Morgan fingerprint density at radius 2 is 2.00 bits per heavy atom. The molecule has 1 aromatic carbocycles. The molecular formula is C14H20BrClFN. The molecule has 0 radical (unpaired) electrons. The van der Waals surface area contributed by atoms with Gasteiger partial charge in [0.15, 0.2) is 0 Å². The Morgan fingerprint density at radius 3 is 2.50 bits per heavy atom. The maximum atomic E-state index is 13.0. The molecule has 1 nitrogen and oxygen atoms in total. The average Bonchev–Trinajstić information content (AvgIpc) is 2.34. The Balaban J connectivity index is 2.82. The Hall–Kier alpha value is -0.120. The van der Waals surface area contributed by atoms with Crippen LogP contribution in [0.15, 0.2) is 18.2 Å². The highest BCUT2D eigenvalue weighted by atomic mass is 79.9. The van der Waals surface area contributed by atoms with Gasteiger partial charge >= 0.3 is 0 Å². The van der Waals surface area contributed by atoms with Crippen molar-refractivity contribution in [2.75, 3.05) is 11.9 Å². The second kappa shape index (κ2) is 8.13. The molecule has 0 aliphatic rings. The van der Waals surface area contributed by atoms with E-state index in [-0.39, 0.29) is 5.82 Å². The Labute approximate surface area is 122 Å². The largest absolute Gasteiger partial charge is 0.295 e. The molecule has 0 aliphatic carbocycles. The molecule has 0 aliphatic heterocycles. The summed E-state index contributed by atoms with van der Waals surface area (Å²) < 4.78 is 13.0. The van der Waals surface area contributed by atoms with Crippen molar-refractivity contribution in [3.05, 3.63) is 34.6 Å². The average molecular weight is 337 g/mol. The minimum Gasteiger partial charge on any atom is -0.295 e. The fraction of sp³-hybridized carbons (Fsp3) is 0.571. The number of hydrogen-bond acceptors (Lipinski definition) is 1. The molecule has 4 heteroatoms. The van der Waals surface area contributed by atoms with E-state index in [1.807, 2.05) is 0 Å². The predicted octanol–water partition coefficient (Wildman–Crippen LogP) is 4.86. The quantitative estimate of drug-likeness (QED) is 0.642. The molecule has 0 fully saturated rings.